The number of hydrogen-bond acceptors (Lipinski definition) is 4. The predicted molar refractivity (Wildman–Crippen MR) is 119 cm³/mol. The molecule has 0 saturated heterocycles. The van der Waals surface area contributed by atoms with Crippen LogP contribution in [0, 0.1) is 0 Å². The van der Waals surface area contributed by atoms with Gasteiger partial charge in [0.05, 0.1) is 7.11 Å². The van der Waals surface area contributed by atoms with Gasteiger partial charge in [-0.2, -0.15) is 0 Å². The molecule has 0 fully saturated rings. The molecule has 3 aromatic rings. The molecule has 5 heteroatoms. The van der Waals surface area contributed by atoms with Crippen molar-refractivity contribution in [2.45, 2.75) is 13.0 Å². The van der Waals surface area contributed by atoms with Gasteiger partial charge in [0.1, 0.15) is 5.75 Å². The number of hydrogen-bond donors (Lipinski definition) is 2. The molecule has 1 aliphatic heterocycles. The minimum Gasteiger partial charge on any atom is -0.497 e. The number of ether oxygens (including phenoxy) is 1. The zero-order valence-electron chi connectivity index (χ0n) is 16.8. The Morgan fingerprint density at radius 3 is 2.57 bits per heavy atom. The first-order chi connectivity index (χ1) is 14.7. The first kappa shape index (κ1) is 19.7. The van der Waals surface area contributed by atoms with E-state index in [1.807, 2.05) is 24.3 Å². The van der Waals surface area contributed by atoms with Crippen LogP contribution in [-0.4, -0.2) is 24.8 Å². The van der Waals surface area contributed by atoms with Crippen LogP contribution in [0.3, 0.4) is 0 Å². The SMILES string of the molecule is COc1ccc(CN2CCc3cccc(-c4ccc(/C=C/C(=O)NO)cc4)c32)cc1. The van der Waals surface area contributed by atoms with Crippen molar-refractivity contribution in [3.8, 4) is 16.9 Å². The highest BCUT2D eigenvalue weighted by Crippen LogP contribution is 2.39. The van der Waals surface area contributed by atoms with Crippen LogP contribution < -0.4 is 15.1 Å². The lowest BCUT2D eigenvalue weighted by atomic mass is 9.99. The number of carbonyl (C=O) groups excluding carboxylic acids is 1. The third-order valence-corrected chi connectivity index (χ3v) is 5.38. The average molecular weight is 400 g/mol. The number of hydroxylamine groups is 1. The third-order valence-electron chi connectivity index (χ3n) is 5.38. The largest absolute Gasteiger partial charge is 0.497 e. The maximum absolute atomic E-state index is 11.2. The van der Waals surface area contributed by atoms with E-state index in [2.05, 4.69) is 47.4 Å². The number of amides is 1. The fourth-order valence-electron chi connectivity index (χ4n) is 3.86. The van der Waals surface area contributed by atoms with E-state index in [4.69, 9.17) is 9.94 Å². The zero-order chi connectivity index (χ0) is 20.9. The van der Waals surface area contributed by atoms with Crippen molar-refractivity contribution < 1.29 is 14.7 Å². The molecule has 0 aliphatic carbocycles. The van der Waals surface area contributed by atoms with Crippen molar-refractivity contribution in [1.82, 2.24) is 5.48 Å². The number of anilines is 1. The van der Waals surface area contributed by atoms with E-state index in [1.54, 1.807) is 18.7 Å². The Bertz CT molecular complexity index is 1060. The second kappa shape index (κ2) is 8.84. The van der Waals surface area contributed by atoms with E-state index < -0.39 is 5.91 Å². The standard InChI is InChI=1S/C25H24N2O3/c1-30-22-12-7-19(8-13-22)17-27-16-15-21-3-2-4-23(25(21)27)20-10-5-18(6-11-20)9-14-24(28)26-29/h2-14,29H,15-17H2,1H3,(H,26,28)/b14-9+. The Balaban J connectivity index is 1.59. The first-order valence-electron chi connectivity index (χ1n) is 9.90. The summed E-state index contributed by atoms with van der Waals surface area (Å²) in [6.45, 7) is 1.85. The van der Waals surface area contributed by atoms with Gasteiger partial charge >= 0.3 is 0 Å². The molecule has 0 unspecified atom stereocenters. The highest BCUT2D eigenvalue weighted by atomic mass is 16.5. The summed E-state index contributed by atoms with van der Waals surface area (Å²) in [6, 6.07) is 22.8. The number of nitrogens with one attached hydrogen (secondary N) is 1. The third kappa shape index (κ3) is 4.21. The summed E-state index contributed by atoms with van der Waals surface area (Å²) in [4.78, 5) is 13.6. The summed E-state index contributed by atoms with van der Waals surface area (Å²) in [6.07, 6.45) is 4.00. The molecule has 30 heavy (non-hydrogen) atoms. The Labute approximate surface area is 176 Å². The van der Waals surface area contributed by atoms with Gasteiger partial charge in [0.2, 0.25) is 0 Å². The van der Waals surface area contributed by atoms with Gasteiger partial charge in [0, 0.05) is 30.4 Å². The molecular formula is C25H24N2O3. The lowest BCUT2D eigenvalue weighted by Crippen LogP contribution is -2.20. The molecule has 5 nitrogen and oxygen atoms in total. The van der Waals surface area contributed by atoms with E-state index in [1.165, 1.54) is 28.5 Å². The molecule has 0 atom stereocenters. The van der Waals surface area contributed by atoms with Gasteiger partial charge < -0.3 is 9.64 Å². The van der Waals surface area contributed by atoms with Crippen molar-refractivity contribution in [2.75, 3.05) is 18.6 Å². The van der Waals surface area contributed by atoms with Crippen molar-refractivity contribution in [1.29, 1.82) is 0 Å². The number of rotatable bonds is 6. The number of carbonyl (C=O) groups is 1. The molecule has 1 aliphatic rings. The zero-order valence-corrected chi connectivity index (χ0v) is 16.8. The molecule has 1 amide bonds. The van der Waals surface area contributed by atoms with Crippen molar-refractivity contribution in [3.63, 3.8) is 0 Å². The summed E-state index contributed by atoms with van der Waals surface area (Å²) in [5.74, 6) is 0.320. The van der Waals surface area contributed by atoms with Crippen molar-refractivity contribution >= 4 is 17.7 Å². The maximum Gasteiger partial charge on any atom is 0.267 e. The summed E-state index contributed by atoms with van der Waals surface area (Å²) >= 11 is 0. The summed E-state index contributed by atoms with van der Waals surface area (Å²) in [7, 11) is 1.68. The Hall–Kier alpha value is -3.57. The second-order valence-electron chi connectivity index (χ2n) is 7.26. The van der Waals surface area contributed by atoms with Crippen LogP contribution in [0.2, 0.25) is 0 Å². The highest BCUT2D eigenvalue weighted by Gasteiger charge is 2.22. The highest BCUT2D eigenvalue weighted by molar-refractivity contribution is 5.91. The van der Waals surface area contributed by atoms with Gasteiger partial charge in [0.15, 0.2) is 0 Å². The molecule has 0 bridgehead atoms. The minimum atomic E-state index is -0.547. The van der Waals surface area contributed by atoms with E-state index >= 15 is 0 Å². The second-order valence-corrected chi connectivity index (χ2v) is 7.26. The lowest BCUT2D eigenvalue weighted by Gasteiger charge is -2.23. The Morgan fingerprint density at radius 1 is 1.10 bits per heavy atom. The Kier molecular flexibility index (Phi) is 5.82. The smallest absolute Gasteiger partial charge is 0.267 e. The molecule has 0 aromatic heterocycles. The van der Waals surface area contributed by atoms with Crippen LogP contribution in [0.1, 0.15) is 16.7 Å². The summed E-state index contributed by atoms with van der Waals surface area (Å²) in [5.41, 5.74) is 8.74. The van der Waals surface area contributed by atoms with Gasteiger partial charge in [-0.25, -0.2) is 5.48 Å². The summed E-state index contributed by atoms with van der Waals surface area (Å²) in [5, 5.41) is 8.59. The predicted octanol–water partition coefficient (Wildman–Crippen LogP) is 4.44. The molecule has 4 rings (SSSR count). The minimum absolute atomic E-state index is 0.547. The van der Waals surface area contributed by atoms with Crippen LogP contribution >= 0.6 is 0 Å². The molecule has 0 spiro atoms. The maximum atomic E-state index is 11.2. The molecule has 0 radical (unpaired) electrons. The number of methoxy groups -OCH3 is 1. The molecule has 0 saturated carbocycles. The molecular weight excluding hydrogens is 376 g/mol. The molecule has 1 heterocycles. The molecule has 2 N–H and O–H groups in total. The van der Waals surface area contributed by atoms with Crippen molar-refractivity contribution in [3.05, 3.63) is 89.5 Å². The first-order valence-corrected chi connectivity index (χ1v) is 9.90. The monoisotopic (exact) mass is 400 g/mol. The van der Waals surface area contributed by atoms with E-state index in [-0.39, 0.29) is 0 Å². The van der Waals surface area contributed by atoms with Gasteiger partial charge in [-0.15, -0.1) is 0 Å². The quantitative estimate of drug-likeness (QED) is 0.365. The van der Waals surface area contributed by atoms with Gasteiger partial charge in [-0.1, -0.05) is 54.6 Å². The number of fused-ring (bicyclic) bond motifs is 1. The fourth-order valence-corrected chi connectivity index (χ4v) is 3.86. The van der Waals surface area contributed by atoms with E-state index in [0.717, 1.165) is 36.4 Å². The average Bonchev–Trinajstić information content (AvgIpc) is 3.21. The summed E-state index contributed by atoms with van der Waals surface area (Å²) < 4.78 is 5.27. The van der Waals surface area contributed by atoms with Crippen LogP contribution in [0.5, 0.6) is 5.75 Å². The van der Waals surface area contributed by atoms with E-state index in [9.17, 15) is 4.79 Å². The number of nitrogens with zero attached hydrogens (tertiary/aromatic N) is 1. The molecule has 3 aromatic carbocycles. The van der Waals surface area contributed by atoms with Crippen LogP contribution in [0.4, 0.5) is 5.69 Å². The Morgan fingerprint density at radius 2 is 1.87 bits per heavy atom. The normalized spacial score (nSPS) is 12.8. The fraction of sp³-hybridized carbons (Fsp3) is 0.160. The lowest BCUT2D eigenvalue weighted by molar-refractivity contribution is -0.124. The van der Waals surface area contributed by atoms with E-state index in [0.29, 0.717) is 0 Å². The van der Waals surface area contributed by atoms with Crippen molar-refractivity contribution in [2.24, 2.45) is 0 Å². The van der Waals surface area contributed by atoms with Gasteiger partial charge in [-0.3, -0.25) is 10.0 Å². The van der Waals surface area contributed by atoms with Crippen LogP contribution in [0.25, 0.3) is 17.2 Å². The van der Waals surface area contributed by atoms with Gasteiger partial charge in [-0.05, 0) is 46.9 Å². The number of benzene rings is 3. The topological polar surface area (TPSA) is 61.8 Å². The van der Waals surface area contributed by atoms with Crippen LogP contribution in [0.15, 0.2) is 72.8 Å². The van der Waals surface area contributed by atoms with Crippen LogP contribution in [-0.2, 0) is 17.8 Å². The van der Waals surface area contributed by atoms with Gasteiger partial charge in [0.25, 0.3) is 5.91 Å². The molecule has 152 valence electrons. The number of para-hydroxylation sites is 1.